The zero-order chi connectivity index (χ0) is 13.1. The van der Waals surface area contributed by atoms with Gasteiger partial charge in [0.1, 0.15) is 11.2 Å². The highest BCUT2D eigenvalue weighted by Gasteiger charge is 2.37. The lowest BCUT2D eigenvalue weighted by Crippen LogP contribution is -2.31. The van der Waals surface area contributed by atoms with Gasteiger partial charge >= 0.3 is 6.03 Å². The van der Waals surface area contributed by atoms with Crippen LogP contribution in [0, 0.1) is 0 Å². The number of halogens is 1. The molecule has 2 rings (SSSR count). The highest BCUT2D eigenvalue weighted by Crippen LogP contribution is 2.18. The standard InChI is InChI=1S/C12H14ClN3O2/c1-2-4-9-11(17)16(12(18)15-9)7-8-5-3-6-14-10(8)13/h3,5-6,9H,2,4,7H2,1H3,(H,15,18). The van der Waals surface area contributed by atoms with Gasteiger partial charge in [-0.1, -0.05) is 31.0 Å². The summed E-state index contributed by atoms with van der Waals surface area (Å²) < 4.78 is 0. The van der Waals surface area contributed by atoms with Crippen LogP contribution in [0.15, 0.2) is 18.3 Å². The normalized spacial score (nSPS) is 19.2. The summed E-state index contributed by atoms with van der Waals surface area (Å²) in [6.45, 7) is 2.14. The van der Waals surface area contributed by atoms with Crippen LogP contribution in [0.5, 0.6) is 0 Å². The minimum Gasteiger partial charge on any atom is -0.326 e. The molecule has 0 aliphatic carbocycles. The van der Waals surface area contributed by atoms with E-state index in [0.717, 1.165) is 6.42 Å². The van der Waals surface area contributed by atoms with E-state index in [1.165, 1.54) is 4.90 Å². The molecule has 1 saturated heterocycles. The fourth-order valence-electron chi connectivity index (χ4n) is 1.92. The van der Waals surface area contributed by atoms with Crippen LogP contribution in [0.3, 0.4) is 0 Å². The van der Waals surface area contributed by atoms with Crippen molar-refractivity contribution >= 4 is 23.5 Å². The van der Waals surface area contributed by atoms with Crippen molar-refractivity contribution in [3.8, 4) is 0 Å². The Labute approximate surface area is 110 Å². The molecule has 0 radical (unpaired) electrons. The summed E-state index contributed by atoms with van der Waals surface area (Å²) in [5, 5.41) is 2.99. The van der Waals surface area contributed by atoms with Crippen molar-refractivity contribution in [2.45, 2.75) is 32.4 Å². The number of pyridine rings is 1. The second-order valence-electron chi connectivity index (χ2n) is 4.17. The molecule has 1 aliphatic rings. The van der Waals surface area contributed by atoms with Gasteiger partial charge in [0.15, 0.2) is 0 Å². The third-order valence-electron chi connectivity index (χ3n) is 2.85. The minimum absolute atomic E-state index is 0.164. The number of nitrogens with one attached hydrogen (secondary N) is 1. The fraction of sp³-hybridized carbons (Fsp3) is 0.417. The Balaban J connectivity index is 2.12. The number of carbonyl (C=O) groups excluding carboxylic acids is 2. The van der Waals surface area contributed by atoms with Crippen LogP contribution in [0.1, 0.15) is 25.3 Å². The van der Waals surface area contributed by atoms with Gasteiger partial charge in [-0.05, 0) is 12.5 Å². The first-order valence-corrected chi connectivity index (χ1v) is 6.22. The van der Waals surface area contributed by atoms with Gasteiger partial charge in [-0.2, -0.15) is 0 Å². The van der Waals surface area contributed by atoms with Crippen molar-refractivity contribution in [3.05, 3.63) is 29.0 Å². The molecular weight excluding hydrogens is 254 g/mol. The molecule has 96 valence electrons. The van der Waals surface area contributed by atoms with Gasteiger partial charge in [-0.3, -0.25) is 9.69 Å². The van der Waals surface area contributed by atoms with Gasteiger partial charge in [0.05, 0.1) is 6.54 Å². The molecular formula is C12H14ClN3O2. The van der Waals surface area contributed by atoms with E-state index in [1.54, 1.807) is 18.3 Å². The number of imide groups is 1. The third kappa shape index (κ3) is 2.46. The molecule has 1 unspecified atom stereocenters. The molecule has 0 saturated carbocycles. The lowest BCUT2D eigenvalue weighted by atomic mass is 10.1. The van der Waals surface area contributed by atoms with Crippen molar-refractivity contribution in [2.75, 3.05) is 0 Å². The predicted octanol–water partition coefficient (Wildman–Crippen LogP) is 1.96. The van der Waals surface area contributed by atoms with Crippen LogP contribution in [0.2, 0.25) is 5.15 Å². The van der Waals surface area contributed by atoms with Crippen molar-refractivity contribution in [3.63, 3.8) is 0 Å². The summed E-state index contributed by atoms with van der Waals surface area (Å²) in [4.78, 5) is 28.8. The smallest absolute Gasteiger partial charge is 0.325 e. The van der Waals surface area contributed by atoms with Crippen LogP contribution in [0.25, 0.3) is 0 Å². The summed E-state index contributed by atoms with van der Waals surface area (Å²) in [5.74, 6) is -0.193. The number of hydrogen-bond donors (Lipinski definition) is 1. The van der Waals surface area contributed by atoms with E-state index in [1.807, 2.05) is 6.92 Å². The van der Waals surface area contributed by atoms with Crippen molar-refractivity contribution < 1.29 is 9.59 Å². The van der Waals surface area contributed by atoms with E-state index >= 15 is 0 Å². The average Bonchev–Trinajstić information content (AvgIpc) is 2.60. The number of amides is 3. The molecule has 1 fully saturated rings. The van der Waals surface area contributed by atoms with Crippen molar-refractivity contribution in [1.29, 1.82) is 0 Å². The van der Waals surface area contributed by atoms with E-state index in [9.17, 15) is 9.59 Å². The highest BCUT2D eigenvalue weighted by atomic mass is 35.5. The van der Waals surface area contributed by atoms with E-state index in [2.05, 4.69) is 10.3 Å². The Hall–Kier alpha value is -1.62. The zero-order valence-corrected chi connectivity index (χ0v) is 10.8. The summed E-state index contributed by atoms with van der Waals surface area (Å²) in [6.07, 6.45) is 3.07. The third-order valence-corrected chi connectivity index (χ3v) is 3.19. The maximum absolute atomic E-state index is 12.0. The molecule has 2 heterocycles. The monoisotopic (exact) mass is 267 g/mol. The quantitative estimate of drug-likeness (QED) is 0.670. The van der Waals surface area contributed by atoms with Crippen molar-refractivity contribution in [1.82, 2.24) is 15.2 Å². The SMILES string of the molecule is CCCC1NC(=O)N(Cc2cccnc2Cl)C1=O. The molecule has 0 bridgehead atoms. The number of rotatable bonds is 4. The number of hydrogen-bond acceptors (Lipinski definition) is 3. The first-order valence-electron chi connectivity index (χ1n) is 5.84. The number of aromatic nitrogens is 1. The first-order chi connectivity index (χ1) is 8.63. The largest absolute Gasteiger partial charge is 0.326 e. The molecule has 1 atom stereocenters. The topological polar surface area (TPSA) is 62.3 Å². The zero-order valence-electron chi connectivity index (χ0n) is 10.0. The summed E-state index contributed by atoms with van der Waals surface area (Å²) in [7, 11) is 0. The van der Waals surface area contributed by atoms with Gasteiger partial charge in [0.2, 0.25) is 0 Å². The molecule has 6 heteroatoms. The van der Waals surface area contributed by atoms with Gasteiger partial charge in [0, 0.05) is 11.8 Å². The van der Waals surface area contributed by atoms with Gasteiger partial charge in [-0.15, -0.1) is 0 Å². The highest BCUT2D eigenvalue weighted by molar-refractivity contribution is 6.30. The molecule has 18 heavy (non-hydrogen) atoms. The van der Waals surface area contributed by atoms with Crippen molar-refractivity contribution in [2.24, 2.45) is 0 Å². The predicted molar refractivity (Wildman–Crippen MR) is 67.0 cm³/mol. The first kappa shape index (κ1) is 12.8. The Bertz CT molecular complexity index is 478. The second kappa shape index (κ2) is 5.35. The molecule has 1 aromatic rings. The van der Waals surface area contributed by atoms with Crippen LogP contribution in [-0.4, -0.2) is 27.9 Å². The van der Waals surface area contributed by atoms with Gasteiger partial charge in [0.25, 0.3) is 5.91 Å². The van der Waals surface area contributed by atoms with Crippen LogP contribution >= 0.6 is 11.6 Å². The Morgan fingerprint density at radius 1 is 1.50 bits per heavy atom. The lowest BCUT2D eigenvalue weighted by molar-refractivity contribution is -0.128. The molecule has 1 N–H and O–H groups in total. The van der Waals surface area contributed by atoms with Crippen LogP contribution < -0.4 is 5.32 Å². The molecule has 0 aromatic carbocycles. The minimum atomic E-state index is -0.405. The van der Waals surface area contributed by atoms with E-state index in [4.69, 9.17) is 11.6 Å². The van der Waals surface area contributed by atoms with E-state index in [0.29, 0.717) is 17.1 Å². The molecule has 5 nitrogen and oxygen atoms in total. The molecule has 1 aromatic heterocycles. The lowest BCUT2D eigenvalue weighted by Gasteiger charge is -2.13. The summed E-state index contributed by atoms with van der Waals surface area (Å²) in [6, 6.07) is 2.71. The second-order valence-corrected chi connectivity index (χ2v) is 4.53. The van der Waals surface area contributed by atoms with E-state index in [-0.39, 0.29) is 18.5 Å². The maximum Gasteiger partial charge on any atom is 0.325 e. The van der Waals surface area contributed by atoms with Crippen LogP contribution in [-0.2, 0) is 11.3 Å². The Morgan fingerprint density at radius 2 is 2.28 bits per heavy atom. The van der Waals surface area contributed by atoms with Crippen LogP contribution in [0.4, 0.5) is 4.79 Å². The average molecular weight is 268 g/mol. The Kier molecular flexibility index (Phi) is 3.81. The summed E-state index contributed by atoms with van der Waals surface area (Å²) >= 11 is 5.91. The van der Waals surface area contributed by atoms with E-state index < -0.39 is 6.04 Å². The number of nitrogens with zero attached hydrogens (tertiary/aromatic N) is 2. The number of carbonyl (C=O) groups is 2. The molecule has 3 amide bonds. The molecule has 0 spiro atoms. The number of urea groups is 1. The Morgan fingerprint density at radius 3 is 2.94 bits per heavy atom. The summed E-state index contributed by atoms with van der Waals surface area (Å²) in [5.41, 5.74) is 0.666. The maximum atomic E-state index is 12.0. The van der Waals surface area contributed by atoms with Gasteiger partial charge < -0.3 is 5.32 Å². The van der Waals surface area contributed by atoms with Gasteiger partial charge in [-0.25, -0.2) is 9.78 Å². The fourth-order valence-corrected chi connectivity index (χ4v) is 2.10. The molecule has 1 aliphatic heterocycles.